The summed E-state index contributed by atoms with van der Waals surface area (Å²) in [4.78, 5) is 14.1. The summed E-state index contributed by atoms with van der Waals surface area (Å²) < 4.78 is 15.3. The van der Waals surface area contributed by atoms with Crippen molar-refractivity contribution in [1.29, 1.82) is 0 Å². The molecule has 2 aromatic rings. The SMILES string of the molecule is CN(C)[C@@H](C(=O)NCCn1cccc1)c1cccc(F)c1. The number of carbonyl (C=O) groups is 1. The van der Waals surface area contributed by atoms with Gasteiger partial charge in [0.25, 0.3) is 0 Å². The van der Waals surface area contributed by atoms with Gasteiger partial charge in [-0.3, -0.25) is 9.69 Å². The number of hydrogen-bond acceptors (Lipinski definition) is 2. The first-order chi connectivity index (χ1) is 10.1. The lowest BCUT2D eigenvalue weighted by atomic mass is 10.1. The van der Waals surface area contributed by atoms with Crippen LogP contribution in [-0.4, -0.2) is 36.0 Å². The number of amides is 1. The summed E-state index contributed by atoms with van der Waals surface area (Å²) in [5.41, 5.74) is 0.651. The molecule has 1 N–H and O–H groups in total. The third-order valence-electron chi connectivity index (χ3n) is 3.26. The normalized spacial score (nSPS) is 12.4. The van der Waals surface area contributed by atoms with Crippen molar-refractivity contribution < 1.29 is 9.18 Å². The van der Waals surface area contributed by atoms with Crippen molar-refractivity contribution in [2.45, 2.75) is 12.6 Å². The summed E-state index contributed by atoms with van der Waals surface area (Å²) in [6.45, 7) is 1.25. The standard InChI is InChI=1S/C16H20FN3O/c1-19(2)15(13-6-5-7-14(17)12-13)16(21)18-8-11-20-9-3-4-10-20/h3-7,9-10,12,15H,8,11H2,1-2H3,(H,18,21)/t15-/m1/s1. The highest BCUT2D eigenvalue weighted by Gasteiger charge is 2.22. The zero-order valence-corrected chi connectivity index (χ0v) is 12.3. The third kappa shape index (κ3) is 4.16. The summed E-state index contributed by atoms with van der Waals surface area (Å²) in [5.74, 6) is -0.461. The van der Waals surface area contributed by atoms with Crippen molar-refractivity contribution in [2.75, 3.05) is 20.6 Å². The van der Waals surface area contributed by atoms with Crippen LogP contribution in [0.2, 0.25) is 0 Å². The average molecular weight is 289 g/mol. The van der Waals surface area contributed by atoms with E-state index in [-0.39, 0.29) is 11.7 Å². The van der Waals surface area contributed by atoms with Crippen molar-refractivity contribution in [3.05, 3.63) is 60.2 Å². The molecule has 0 saturated carbocycles. The van der Waals surface area contributed by atoms with Gasteiger partial charge in [-0.05, 0) is 43.9 Å². The topological polar surface area (TPSA) is 37.3 Å². The molecule has 2 rings (SSSR count). The zero-order valence-electron chi connectivity index (χ0n) is 12.3. The molecule has 0 fully saturated rings. The second-order valence-corrected chi connectivity index (χ2v) is 5.13. The Kier molecular flexibility index (Phi) is 5.11. The molecule has 1 aromatic heterocycles. The quantitative estimate of drug-likeness (QED) is 0.883. The average Bonchev–Trinajstić information content (AvgIpc) is 2.91. The summed E-state index contributed by atoms with van der Waals surface area (Å²) in [6.07, 6.45) is 3.89. The zero-order chi connectivity index (χ0) is 15.2. The van der Waals surface area contributed by atoms with Gasteiger partial charge in [0, 0.05) is 25.5 Å². The number of likely N-dealkylation sites (N-methyl/N-ethyl adjacent to an activating group) is 1. The van der Waals surface area contributed by atoms with Gasteiger partial charge >= 0.3 is 0 Å². The van der Waals surface area contributed by atoms with Gasteiger partial charge in [0.2, 0.25) is 5.91 Å². The van der Waals surface area contributed by atoms with E-state index in [1.807, 2.05) is 29.1 Å². The molecule has 0 aliphatic carbocycles. The maximum Gasteiger partial charge on any atom is 0.242 e. The number of benzene rings is 1. The Morgan fingerprint density at radius 1 is 1.29 bits per heavy atom. The van der Waals surface area contributed by atoms with Crippen LogP contribution in [0.25, 0.3) is 0 Å². The minimum Gasteiger partial charge on any atom is -0.353 e. The molecule has 112 valence electrons. The van der Waals surface area contributed by atoms with Crippen LogP contribution in [0.4, 0.5) is 4.39 Å². The van der Waals surface area contributed by atoms with Crippen LogP contribution in [0, 0.1) is 5.82 Å². The molecule has 1 aromatic carbocycles. The molecular formula is C16H20FN3O. The highest BCUT2D eigenvalue weighted by Crippen LogP contribution is 2.19. The fourth-order valence-electron chi connectivity index (χ4n) is 2.28. The Morgan fingerprint density at radius 3 is 2.62 bits per heavy atom. The fraction of sp³-hybridized carbons (Fsp3) is 0.312. The van der Waals surface area contributed by atoms with E-state index in [1.165, 1.54) is 12.1 Å². The highest BCUT2D eigenvalue weighted by molar-refractivity contribution is 5.83. The predicted molar refractivity (Wildman–Crippen MR) is 80.3 cm³/mol. The molecule has 0 aliphatic heterocycles. The van der Waals surface area contributed by atoms with Crippen molar-refractivity contribution in [1.82, 2.24) is 14.8 Å². The van der Waals surface area contributed by atoms with Gasteiger partial charge in [-0.15, -0.1) is 0 Å². The molecule has 1 amide bonds. The second kappa shape index (κ2) is 7.04. The molecular weight excluding hydrogens is 269 g/mol. The van der Waals surface area contributed by atoms with Crippen molar-refractivity contribution in [3.63, 3.8) is 0 Å². The Morgan fingerprint density at radius 2 is 2.00 bits per heavy atom. The molecule has 0 aliphatic rings. The molecule has 0 radical (unpaired) electrons. The van der Waals surface area contributed by atoms with E-state index in [2.05, 4.69) is 5.32 Å². The van der Waals surface area contributed by atoms with Crippen LogP contribution in [-0.2, 0) is 11.3 Å². The van der Waals surface area contributed by atoms with Gasteiger partial charge in [0.05, 0.1) is 0 Å². The number of aromatic nitrogens is 1. The van der Waals surface area contributed by atoms with Crippen LogP contribution in [0.15, 0.2) is 48.8 Å². The molecule has 4 nitrogen and oxygen atoms in total. The number of hydrogen-bond donors (Lipinski definition) is 1. The van der Waals surface area contributed by atoms with E-state index in [1.54, 1.807) is 31.1 Å². The van der Waals surface area contributed by atoms with Crippen LogP contribution in [0.1, 0.15) is 11.6 Å². The minimum atomic E-state index is -0.495. The molecule has 0 unspecified atom stereocenters. The first-order valence-electron chi connectivity index (χ1n) is 6.88. The number of carbonyl (C=O) groups excluding carboxylic acids is 1. The number of nitrogens with one attached hydrogen (secondary N) is 1. The van der Waals surface area contributed by atoms with Gasteiger partial charge in [-0.25, -0.2) is 4.39 Å². The van der Waals surface area contributed by atoms with Gasteiger partial charge in [-0.2, -0.15) is 0 Å². The molecule has 5 heteroatoms. The monoisotopic (exact) mass is 289 g/mol. The minimum absolute atomic E-state index is 0.127. The summed E-state index contributed by atoms with van der Waals surface area (Å²) in [7, 11) is 3.61. The lowest BCUT2D eigenvalue weighted by Crippen LogP contribution is -2.38. The summed E-state index contributed by atoms with van der Waals surface area (Å²) >= 11 is 0. The summed E-state index contributed by atoms with van der Waals surface area (Å²) in [6, 6.07) is 9.54. The maximum atomic E-state index is 13.3. The largest absolute Gasteiger partial charge is 0.353 e. The van der Waals surface area contributed by atoms with E-state index in [0.717, 1.165) is 0 Å². The lowest BCUT2D eigenvalue weighted by Gasteiger charge is -2.24. The van der Waals surface area contributed by atoms with Crippen LogP contribution in [0.3, 0.4) is 0 Å². The van der Waals surface area contributed by atoms with Gasteiger partial charge < -0.3 is 9.88 Å². The van der Waals surface area contributed by atoms with E-state index in [9.17, 15) is 9.18 Å². The lowest BCUT2D eigenvalue weighted by molar-refractivity contribution is -0.125. The second-order valence-electron chi connectivity index (χ2n) is 5.13. The summed E-state index contributed by atoms with van der Waals surface area (Å²) in [5, 5.41) is 2.90. The highest BCUT2D eigenvalue weighted by atomic mass is 19.1. The van der Waals surface area contributed by atoms with Gasteiger partial charge in [0.15, 0.2) is 0 Å². The number of halogens is 1. The van der Waals surface area contributed by atoms with Crippen LogP contribution < -0.4 is 5.32 Å². The first kappa shape index (κ1) is 15.3. The fourth-order valence-corrected chi connectivity index (χ4v) is 2.28. The molecule has 21 heavy (non-hydrogen) atoms. The Balaban J connectivity index is 1.99. The smallest absolute Gasteiger partial charge is 0.242 e. The predicted octanol–water partition coefficient (Wildman–Crippen LogP) is 2.05. The first-order valence-corrected chi connectivity index (χ1v) is 6.88. The van der Waals surface area contributed by atoms with Crippen molar-refractivity contribution >= 4 is 5.91 Å². The molecule has 1 atom stereocenters. The van der Waals surface area contributed by atoms with E-state index in [4.69, 9.17) is 0 Å². The molecule has 0 spiro atoms. The molecule has 0 bridgehead atoms. The third-order valence-corrected chi connectivity index (χ3v) is 3.26. The Hall–Kier alpha value is -2.14. The maximum absolute atomic E-state index is 13.3. The van der Waals surface area contributed by atoms with Gasteiger partial charge in [-0.1, -0.05) is 12.1 Å². The Labute approximate surface area is 124 Å². The van der Waals surface area contributed by atoms with Crippen LogP contribution >= 0.6 is 0 Å². The number of rotatable bonds is 6. The molecule has 1 heterocycles. The van der Waals surface area contributed by atoms with E-state index in [0.29, 0.717) is 18.7 Å². The number of nitrogens with zero attached hydrogens (tertiary/aromatic N) is 2. The van der Waals surface area contributed by atoms with Crippen molar-refractivity contribution in [2.24, 2.45) is 0 Å². The van der Waals surface area contributed by atoms with Crippen molar-refractivity contribution in [3.8, 4) is 0 Å². The van der Waals surface area contributed by atoms with Gasteiger partial charge in [0.1, 0.15) is 11.9 Å². The van der Waals surface area contributed by atoms with E-state index < -0.39 is 6.04 Å². The van der Waals surface area contributed by atoms with E-state index >= 15 is 0 Å². The van der Waals surface area contributed by atoms with Crippen LogP contribution in [0.5, 0.6) is 0 Å². The molecule has 0 saturated heterocycles. The Bertz CT molecular complexity index is 581.